The molecule has 0 bridgehead atoms. The van der Waals surface area contributed by atoms with Crippen molar-refractivity contribution in [3.05, 3.63) is 42.0 Å². The summed E-state index contributed by atoms with van der Waals surface area (Å²) in [7, 11) is 0. The van der Waals surface area contributed by atoms with Crippen LogP contribution in [0, 0.1) is 0 Å². The third-order valence-electron chi connectivity index (χ3n) is 3.59. The number of rotatable bonds is 10. The first-order valence-electron chi connectivity index (χ1n) is 8.02. The van der Waals surface area contributed by atoms with E-state index in [2.05, 4.69) is 47.0 Å². The first-order valence-corrected chi connectivity index (χ1v) is 8.02. The molecule has 120 valence electrons. The van der Waals surface area contributed by atoms with Crippen molar-refractivity contribution in [2.75, 3.05) is 32.8 Å². The van der Waals surface area contributed by atoms with Gasteiger partial charge in [0.25, 0.3) is 0 Å². The lowest BCUT2D eigenvalue weighted by Crippen LogP contribution is -2.24. The fraction of sp³-hybridized carbons (Fsp3) is 0.444. The van der Waals surface area contributed by atoms with Crippen molar-refractivity contribution >= 4 is 10.8 Å². The Morgan fingerprint density at radius 3 is 2.64 bits per heavy atom. The van der Waals surface area contributed by atoms with Crippen molar-refractivity contribution in [3.63, 3.8) is 0 Å². The quantitative estimate of drug-likeness (QED) is 0.590. The van der Waals surface area contributed by atoms with E-state index in [-0.39, 0.29) is 6.61 Å². The van der Waals surface area contributed by atoms with E-state index in [1.807, 2.05) is 6.92 Å². The molecule has 0 saturated heterocycles. The second kappa shape index (κ2) is 9.41. The van der Waals surface area contributed by atoms with Gasteiger partial charge in [0.1, 0.15) is 5.75 Å². The van der Waals surface area contributed by atoms with Crippen LogP contribution in [-0.2, 0) is 6.54 Å². The largest absolute Gasteiger partial charge is 0.494 e. The molecule has 0 amide bonds. The Morgan fingerprint density at radius 1 is 1.00 bits per heavy atom. The van der Waals surface area contributed by atoms with Gasteiger partial charge in [-0.1, -0.05) is 30.3 Å². The highest BCUT2D eigenvalue weighted by atomic mass is 16.5. The molecule has 4 heteroatoms. The smallest absolute Gasteiger partial charge is 0.124 e. The summed E-state index contributed by atoms with van der Waals surface area (Å²) in [4.78, 5) is 0. The molecule has 2 aromatic carbocycles. The van der Waals surface area contributed by atoms with E-state index >= 15 is 0 Å². The molecule has 2 aromatic rings. The maximum Gasteiger partial charge on any atom is 0.124 e. The summed E-state index contributed by atoms with van der Waals surface area (Å²) in [5.41, 5.74) is 1.23. The van der Waals surface area contributed by atoms with Crippen molar-refractivity contribution in [1.82, 2.24) is 10.6 Å². The molecule has 0 unspecified atom stereocenters. The summed E-state index contributed by atoms with van der Waals surface area (Å²) in [6.07, 6.45) is 1.04. The second-order valence-corrected chi connectivity index (χ2v) is 5.20. The van der Waals surface area contributed by atoms with Crippen LogP contribution in [0.1, 0.15) is 18.9 Å². The Morgan fingerprint density at radius 2 is 1.82 bits per heavy atom. The zero-order valence-electron chi connectivity index (χ0n) is 13.3. The zero-order chi connectivity index (χ0) is 15.6. The van der Waals surface area contributed by atoms with Gasteiger partial charge in [-0.2, -0.15) is 0 Å². The number of fused-ring (bicyclic) bond motifs is 1. The van der Waals surface area contributed by atoms with E-state index in [4.69, 9.17) is 9.84 Å². The molecule has 0 aliphatic rings. The van der Waals surface area contributed by atoms with E-state index in [0.717, 1.165) is 31.8 Å². The summed E-state index contributed by atoms with van der Waals surface area (Å²) >= 11 is 0. The third-order valence-corrected chi connectivity index (χ3v) is 3.59. The number of hydrogen-bond donors (Lipinski definition) is 3. The lowest BCUT2D eigenvalue weighted by Gasteiger charge is -2.14. The number of benzene rings is 2. The van der Waals surface area contributed by atoms with Gasteiger partial charge in [-0.3, -0.25) is 0 Å². The molecule has 0 saturated carbocycles. The minimum atomic E-state index is 0.196. The molecule has 3 N–H and O–H groups in total. The summed E-state index contributed by atoms with van der Waals surface area (Å²) in [5, 5.41) is 17.9. The lowest BCUT2D eigenvalue weighted by atomic mass is 10.0. The van der Waals surface area contributed by atoms with Crippen LogP contribution >= 0.6 is 0 Å². The number of nitrogens with one attached hydrogen (secondary N) is 2. The highest BCUT2D eigenvalue weighted by molar-refractivity contribution is 5.87. The highest BCUT2D eigenvalue weighted by Crippen LogP contribution is 2.28. The Labute approximate surface area is 132 Å². The Kier molecular flexibility index (Phi) is 7.16. The van der Waals surface area contributed by atoms with Crippen LogP contribution in [0.4, 0.5) is 0 Å². The molecule has 0 spiro atoms. The summed E-state index contributed by atoms with van der Waals surface area (Å²) in [6, 6.07) is 12.6. The first-order chi connectivity index (χ1) is 10.9. The van der Waals surface area contributed by atoms with Gasteiger partial charge in [0.2, 0.25) is 0 Å². The highest BCUT2D eigenvalue weighted by Gasteiger charge is 2.08. The number of hydrogen-bond acceptors (Lipinski definition) is 4. The fourth-order valence-corrected chi connectivity index (χ4v) is 2.54. The van der Waals surface area contributed by atoms with E-state index in [1.165, 1.54) is 16.3 Å². The summed E-state index contributed by atoms with van der Waals surface area (Å²) < 4.78 is 5.78. The van der Waals surface area contributed by atoms with Crippen LogP contribution in [0.3, 0.4) is 0 Å². The molecule has 0 aliphatic heterocycles. The Hall–Kier alpha value is -1.62. The number of aliphatic hydroxyl groups excluding tert-OH is 1. The molecule has 0 aromatic heterocycles. The Balaban J connectivity index is 1.97. The van der Waals surface area contributed by atoms with Crippen LogP contribution in [0.2, 0.25) is 0 Å². The predicted octanol–water partition coefficient (Wildman–Crippen LogP) is 2.30. The SMILES string of the molecule is CCOc1ccc2ccccc2c1CNCCCNCCO. The molecule has 0 fully saturated rings. The Bertz CT molecular complexity index is 572. The van der Waals surface area contributed by atoms with Crippen LogP contribution < -0.4 is 15.4 Å². The van der Waals surface area contributed by atoms with Crippen LogP contribution in [-0.4, -0.2) is 38.0 Å². The van der Waals surface area contributed by atoms with Crippen LogP contribution in [0.5, 0.6) is 5.75 Å². The normalized spacial score (nSPS) is 11.0. The van der Waals surface area contributed by atoms with E-state index < -0.39 is 0 Å². The van der Waals surface area contributed by atoms with Crippen LogP contribution in [0.15, 0.2) is 36.4 Å². The van der Waals surface area contributed by atoms with Crippen molar-refractivity contribution in [2.24, 2.45) is 0 Å². The molecular weight excluding hydrogens is 276 g/mol. The lowest BCUT2D eigenvalue weighted by molar-refractivity contribution is 0.292. The minimum Gasteiger partial charge on any atom is -0.494 e. The van der Waals surface area contributed by atoms with E-state index in [1.54, 1.807) is 0 Å². The van der Waals surface area contributed by atoms with Gasteiger partial charge in [0, 0.05) is 18.7 Å². The summed E-state index contributed by atoms with van der Waals surface area (Å²) in [6.45, 7) is 6.21. The van der Waals surface area contributed by atoms with Crippen molar-refractivity contribution in [1.29, 1.82) is 0 Å². The average Bonchev–Trinajstić information content (AvgIpc) is 2.55. The zero-order valence-corrected chi connectivity index (χ0v) is 13.3. The predicted molar refractivity (Wildman–Crippen MR) is 91.4 cm³/mol. The van der Waals surface area contributed by atoms with Gasteiger partial charge in [0.05, 0.1) is 13.2 Å². The summed E-state index contributed by atoms with van der Waals surface area (Å²) in [5.74, 6) is 0.965. The molecule has 0 atom stereocenters. The maximum absolute atomic E-state index is 8.71. The molecule has 22 heavy (non-hydrogen) atoms. The molecule has 2 rings (SSSR count). The number of ether oxygens (including phenoxy) is 1. The van der Waals surface area contributed by atoms with Gasteiger partial charge in [-0.15, -0.1) is 0 Å². The van der Waals surface area contributed by atoms with Gasteiger partial charge in [-0.05, 0) is 43.3 Å². The van der Waals surface area contributed by atoms with E-state index in [0.29, 0.717) is 13.2 Å². The van der Waals surface area contributed by atoms with Gasteiger partial charge in [-0.25, -0.2) is 0 Å². The first kappa shape index (κ1) is 16.7. The van der Waals surface area contributed by atoms with Gasteiger partial charge in [0.15, 0.2) is 0 Å². The van der Waals surface area contributed by atoms with Gasteiger partial charge >= 0.3 is 0 Å². The minimum absolute atomic E-state index is 0.196. The fourth-order valence-electron chi connectivity index (χ4n) is 2.54. The second-order valence-electron chi connectivity index (χ2n) is 5.20. The number of aliphatic hydroxyl groups is 1. The monoisotopic (exact) mass is 302 g/mol. The maximum atomic E-state index is 8.71. The van der Waals surface area contributed by atoms with Crippen LogP contribution in [0.25, 0.3) is 10.8 Å². The van der Waals surface area contributed by atoms with Crippen molar-refractivity contribution < 1.29 is 9.84 Å². The van der Waals surface area contributed by atoms with Crippen molar-refractivity contribution in [2.45, 2.75) is 19.9 Å². The third kappa shape index (κ3) is 4.70. The molecule has 0 aliphatic carbocycles. The van der Waals surface area contributed by atoms with Crippen molar-refractivity contribution in [3.8, 4) is 5.75 Å². The molecule has 0 radical (unpaired) electrons. The molecule has 0 heterocycles. The standard InChI is InChI=1S/C18H26N2O2/c1-2-22-18-9-8-15-6-3-4-7-16(15)17(18)14-20-11-5-10-19-12-13-21/h3-4,6-9,19-21H,2,5,10-14H2,1H3. The van der Waals surface area contributed by atoms with Gasteiger partial charge < -0.3 is 20.5 Å². The van der Waals surface area contributed by atoms with E-state index in [9.17, 15) is 0 Å². The average molecular weight is 302 g/mol. The molecular formula is C18H26N2O2. The topological polar surface area (TPSA) is 53.5 Å². The molecule has 4 nitrogen and oxygen atoms in total.